The standard InChI is InChI=1S/C22H21N3O3S/c1-2-10-25-18-12-16(8-9-19(18)28-13-21(25)27)17-14-29-22(23-17)24-20(26)11-15-6-4-3-5-7-15/h3-9,12,14H,2,10-11,13H2,1H3,(H,23,24,26). The molecular formula is C22H21N3O3S. The number of thiazole rings is 1. The van der Waals surface area contributed by atoms with E-state index in [4.69, 9.17) is 4.74 Å². The van der Waals surface area contributed by atoms with Crippen LogP contribution in [0.5, 0.6) is 5.75 Å². The van der Waals surface area contributed by atoms with Gasteiger partial charge in [0.25, 0.3) is 5.91 Å². The number of amides is 2. The lowest BCUT2D eigenvalue weighted by Gasteiger charge is -2.29. The molecule has 2 aromatic carbocycles. The minimum absolute atomic E-state index is 0.0383. The molecule has 2 amide bonds. The van der Waals surface area contributed by atoms with E-state index >= 15 is 0 Å². The van der Waals surface area contributed by atoms with Gasteiger partial charge in [0.15, 0.2) is 11.7 Å². The van der Waals surface area contributed by atoms with E-state index in [1.807, 2.05) is 60.8 Å². The highest BCUT2D eigenvalue weighted by Crippen LogP contribution is 2.36. The molecule has 1 aliphatic rings. The first kappa shape index (κ1) is 19.1. The number of hydrogen-bond acceptors (Lipinski definition) is 5. The number of hydrogen-bond donors (Lipinski definition) is 1. The van der Waals surface area contributed by atoms with Gasteiger partial charge in [-0.3, -0.25) is 9.59 Å². The van der Waals surface area contributed by atoms with Crippen LogP contribution in [0.3, 0.4) is 0 Å². The predicted molar refractivity (Wildman–Crippen MR) is 114 cm³/mol. The quantitative estimate of drug-likeness (QED) is 0.667. The number of carbonyl (C=O) groups excluding carboxylic acids is 2. The van der Waals surface area contributed by atoms with Crippen molar-refractivity contribution in [1.29, 1.82) is 0 Å². The van der Waals surface area contributed by atoms with Crippen molar-refractivity contribution in [2.24, 2.45) is 0 Å². The number of aromatic nitrogens is 1. The summed E-state index contributed by atoms with van der Waals surface area (Å²) in [7, 11) is 0. The van der Waals surface area contributed by atoms with Crippen LogP contribution in [0, 0.1) is 0 Å². The molecule has 0 saturated heterocycles. The molecular weight excluding hydrogens is 386 g/mol. The van der Waals surface area contributed by atoms with Gasteiger partial charge in [0, 0.05) is 17.5 Å². The maximum Gasteiger partial charge on any atom is 0.265 e. The van der Waals surface area contributed by atoms with E-state index < -0.39 is 0 Å². The van der Waals surface area contributed by atoms with Crippen molar-refractivity contribution in [2.75, 3.05) is 23.4 Å². The molecule has 148 valence electrons. The van der Waals surface area contributed by atoms with Gasteiger partial charge in [0.1, 0.15) is 5.75 Å². The summed E-state index contributed by atoms with van der Waals surface area (Å²) >= 11 is 1.38. The van der Waals surface area contributed by atoms with Gasteiger partial charge < -0.3 is 15.0 Å². The average Bonchev–Trinajstić information content (AvgIpc) is 3.19. The Kier molecular flexibility index (Phi) is 5.57. The lowest BCUT2D eigenvalue weighted by molar-refractivity contribution is -0.121. The number of benzene rings is 2. The Balaban J connectivity index is 1.51. The highest BCUT2D eigenvalue weighted by Gasteiger charge is 2.25. The summed E-state index contributed by atoms with van der Waals surface area (Å²) in [6, 6.07) is 15.3. The first-order valence-electron chi connectivity index (χ1n) is 9.51. The summed E-state index contributed by atoms with van der Waals surface area (Å²) in [4.78, 5) is 30.8. The molecule has 4 rings (SSSR count). The lowest BCUT2D eigenvalue weighted by atomic mass is 10.1. The molecule has 0 saturated carbocycles. The molecule has 0 radical (unpaired) electrons. The highest BCUT2D eigenvalue weighted by atomic mass is 32.1. The minimum Gasteiger partial charge on any atom is -0.482 e. The summed E-state index contributed by atoms with van der Waals surface area (Å²) in [6.45, 7) is 2.76. The number of nitrogens with one attached hydrogen (secondary N) is 1. The van der Waals surface area contributed by atoms with E-state index in [1.165, 1.54) is 11.3 Å². The number of ether oxygens (including phenoxy) is 1. The molecule has 2 heterocycles. The van der Waals surface area contributed by atoms with E-state index in [1.54, 1.807) is 4.90 Å². The van der Waals surface area contributed by atoms with Crippen molar-refractivity contribution in [3.05, 3.63) is 59.5 Å². The van der Waals surface area contributed by atoms with Crippen LogP contribution >= 0.6 is 11.3 Å². The number of fused-ring (bicyclic) bond motifs is 1. The van der Waals surface area contributed by atoms with Gasteiger partial charge in [0.2, 0.25) is 5.91 Å². The fraction of sp³-hybridized carbons (Fsp3) is 0.227. The summed E-state index contributed by atoms with van der Waals surface area (Å²) in [5.74, 6) is 0.563. The van der Waals surface area contributed by atoms with Crippen LogP contribution in [-0.2, 0) is 16.0 Å². The number of rotatable bonds is 6. The van der Waals surface area contributed by atoms with Crippen LogP contribution in [0.4, 0.5) is 10.8 Å². The third-order valence-corrected chi connectivity index (χ3v) is 5.36. The van der Waals surface area contributed by atoms with Gasteiger partial charge in [-0.15, -0.1) is 11.3 Å². The molecule has 0 bridgehead atoms. The first-order chi connectivity index (χ1) is 14.1. The van der Waals surface area contributed by atoms with Crippen LogP contribution in [0.15, 0.2) is 53.9 Å². The topological polar surface area (TPSA) is 71.5 Å². The minimum atomic E-state index is -0.101. The second-order valence-electron chi connectivity index (χ2n) is 6.77. The Morgan fingerprint density at radius 1 is 1.24 bits per heavy atom. The molecule has 0 unspecified atom stereocenters. The second-order valence-corrected chi connectivity index (χ2v) is 7.62. The van der Waals surface area contributed by atoms with Crippen LogP contribution < -0.4 is 15.0 Å². The zero-order valence-corrected chi connectivity index (χ0v) is 16.9. The van der Waals surface area contributed by atoms with Gasteiger partial charge in [-0.25, -0.2) is 4.98 Å². The second kappa shape index (κ2) is 8.45. The van der Waals surface area contributed by atoms with E-state index in [2.05, 4.69) is 10.3 Å². The summed E-state index contributed by atoms with van der Waals surface area (Å²) in [6.07, 6.45) is 1.17. The summed E-state index contributed by atoms with van der Waals surface area (Å²) in [5, 5.41) is 5.31. The maximum atomic E-state index is 12.3. The van der Waals surface area contributed by atoms with Crippen molar-refractivity contribution in [2.45, 2.75) is 19.8 Å². The van der Waals surface area contributed by atoms with Crippen molar-refractivity contribution in [3.63, 3.8) is 0 Å². The molecule has 0 spiro atoms. The fourth-order valence-electron chi connectivity index (χ4n) is 3.24. The molecule has 0 aliphatic carbocycles. The molecule has 0 atom stereocenters. The van der Waals surface area contributed by atoms with E-state index in [-0.39, 0.29) is 18.4 Å². The largest absolute Gasteiger partial charge is 0.482 e. The van der Waals surface area contributed by atoms with Gasteiger partial charge in [-0.05, 0) is 30.2 Å². The van der Waals surface area contributed by atoms with E-state index in [0.717, 1.165) is 28.9 Å². The maximum absolute atomic E-state index is 12.3. The molecule has 1 aliphatic heterocycles. The Morgan fingerprint density at radius 3 is 2.86 bits per heavy atom. The third kappa shape index (κ3) is 4.30. The van der Waals surface area contributed by atoms with Gasteiger partial charge in [0.05, 0.1) is 17.8 Å². The average molecular weight is 407 g/mol. The van der Waals surface area contributed by atoms with Crippen molar-refractivity contribution >= 4 is 34.0 Å². The first-order valence-corrected chi connectivity index (χ1v) is 10.4. The summed E-state index contributed by atoms with van der Waals surface area (Å²) in [5.41, 5.74) is 3.35. The number of anilines is 2. The van der Waals surface area contributed by atoms with Gasteiger partial charge >= 0.3 is 0 Å². The fourth-order valence-corrected chi connectivity index (χ4v) is 3.97. The molecule has 1 aromatic heterocycles. The monoisotopic (exact) mass is 407 g/mol. The smallest absolute Gasteiger partial charge is 0.265 e. The van der Waals surface area contributed by atoms with Gasteiger partial charge in [-0.1, -0.05) is 37.3 Å². The van der Waals surface area contributed by atoms with E-state index in [9.17, 15) is 9.59 Å². The molecule has 0 fully saturated rings. The number of carbonyl (C=O) groups is 2. The zero-order chi connectivity index (χ0) is 20.2. The van der Waals surface area contributed by atoms with Gasteiger partial charge in [-0.2, -0.15) is 0 Å². The Hall–Kier alpha value is -3.19. The van der Waals surface area contributed by atoms with E-state index in [0.29, 0.717) is 23.8 Å². The molecule has 7 heteroatoms. The van der Waals surface area contributed by atoms with Crippen LogP contribution in [0.1, 0.15) is 18.9 Å². The normalized spacial score (nSPS) is 13.0. The molecule has 6 nitrogen and oxygen atoms in total. The molecule has 3 aromatic rings. The van der Waals surface area contributed by atoms with Crippen LogP contribution in [-0.4, -0.2) is 29.9 Å². The van der Waals surface area contributed by atoms with Crippen LogP contribution in [0.2, 0.25) is 0 Å². The summed E-state index contributed by atoms with van der Waals surface area (Å²) < 4.78 is 5.55. The molecule has 29 heavy (non-hydrogen) atoms. The SMILES string of the molecule is CCCN1C(=O)COc2ccc(-c3csc(NC(=O)Cc4ccccc4)n3)cc21. The third-order valence-electron chi connectivity index (χ3n) is 4.60. The highest BCUT2D eigenvalue weighted by molar-refractivity contribution is 7.14. The van der Waals surface area contributed by atoms with Crippen molar-refractivity contribution < 1.29 is 14.3 Å². The zero-order valence-electron chi connectivity index (χ0n) is 16.1. The Labute approximate surface area is 173 Å². The molecule has 1 N–H and O–H groups in total. The van der Waals surface area contributed by atoms with Crippen LogP contribution in [0.25, 0.3) is 11.3 Å². The predicted octanol–water partition coefficient (Wildman–Crippen LogP) is 4.13. The Morgan fingerprint density at radius 2 is 2.07 bits per heavy atom. The van der Waals surface area contributed by atoms with Crippen molar-refractivity contribution in [3.8, 4) is 17.0 Å². The van der Waals surface area contributed by atoms with Crippen molar-refractivity contribution in [1.82, 2.24) is 4.98 Å². The lowest BCUT2D eigenvalue weighted by Crippen LogP contribution is -2.39. The Bertz CT molecular complexity index is 1030. The number of nitrogens with zero attached hydrogens (tertiary/aromatic N) is 2.